The van der Waals surface area contributed by atoms with Gasteiger partial charge < -0.3 is 4.42 Å². The molecule has 0 aliphatic rings. The number of hydrogen-bond acceptors (Lipinski definition) is 6. The zero-order valence-corrected chi connectivity index (χ0v) is 11.8. The molecule has 0 radical (unpaired) electrons. The highest BCUT2D eigenvalue weighted by Gasteiger charge is 2.30. The van der Waals surface area contributed by atoms with Crippen molar-refractivity contribution >= 4 is 28.6 Å². The lowest BCUT2D eigenvalue weighted by Crippen LogP contribution is -2.29. The number of nitriles is 1. The number of nitrogens with zero attached hydrogens (tertiary/aromatic N) is 3. The normalized spacial score (nSPS) is 11.6. The standard InChI is InChI=1S/C16H10N4O3/c17-8-11(15(22)20-16-18-6-3-7-19-16)14(21)12-9-23-13-5-2-1-4-10(12)13/h1-7,9,11H,(H,18,19,20,22). The molecule has 0 aliphatic carbocycles. The van der Waals surface area contributed by atoms with Gasteiger partial charge in [-0.25, -0.2) is 9.97 Å². The molecule has 2 heterocycles. The molecule has 0 saturated heterocycles. The number of amides is 1. The summed E-state index contributed by atoms with van der Waals surface area (Å²) >= 11 is 0. The lowest BCUT2D eigenvalue weighted by atomic mass is 9.97. The Balaban J connectivity index is 1.87. The molecule has 3 rings (SSSR count). The van der Waals surface area contributed by atoms with Gasteiger partial charge in [-0.3, -0.25) is 14.9 Å². The predicted octanol–water partition coefficient (Wildman–Crippen LogP) is 2.18. The first-order valence-corrected chi connectivity index (χ1v) is 6.68. The van der Waals surface area contributed by atoms with Gasteiger partial charge in [-0.15, -0.1) is 0 Å². The van der Waals surface area contributed by atoms with E-state index in [4.69, 9.17) is 4.42 Å². The van der Waals surface area contributed by atoms with E-state index in [-0.39, 0.29) is 11.5 Å². The zero-order chi connectivity index (χ0) is 16.2. The fourth-order valence-corrected chi connectivity index (χ4v) is 2.11. The van der Waals surface area contributed by atoms with Crippen LogP contribution in [0.25, 0.3) is 11.0 Å². The monoisotopic (exact) mass is 306 g/mol. The van der Waals surface area contributed by atoms with Crippen LogP contribution in [0.4, 0.5) is 5.95 Å². The summed E-state index contributed by atoms with van der Waals surface area (Å²) in [5, 5.41) is 12.1. The van der Waals surface area contributed by atoms with Gasteiger partial charge >= 0.3 is 0 Å². The Hall–Kier alpha value is -3.53. The number of Topliss-reactive ketones (excluding diaryl/α,β-unsaturated/α-hetero) is 1. The summed E-state index contributed by atoms with van der Waals surface area (Å²) in [6, 6.07) is 10.2. The van der Waals surface area contributed by atoms with E-state index in [9.17, 15) is 14.9 Å². The quantitative estimate of drug-likeness (QED) is 0.584. The minimum Gasteiger partial charge on any atom is -0.464 e. The Morgan fingerprint density at radius 3 is 2.65 bits per heavy atom. The van der Waals surface area contributed by atoms with Crippen molar-refractivity contribution in [2.24, 2.45) is 5.92 Å². The lowest BCUT2D eigenvalue weighted by molar-refractivity contribution is -0.117. The lowest BCUT2D eigenvalue weighted by Gasteiger charge is -2.07. The summed E-state index contributed by atoms with van der Waals surface area (Å²) in [6.07, 6.45) is 4.13. The maximum absolute atomic E-state index is 12.5. The largest absolute Gasteiger partial charge is 0.464 e. The Morgan fingerprint density at radius 1 is 1.17 bits per heavy atom. The van der Waals surface area contributed by atoms with Crippen LogP contribution in [0, 0.1) is 17.2 Å². The van der Waals surface area contributed by atoms with Crippen molar-refractivity contribution < 1.29 is 14.0 Å². The molecule has 1 unspecified atom stereocenters. The molecule has 3 aromatic rings. The van der Waals surface area contributed by atoms with E-state index in [1.54, 1.807) is 36.4 Å². The average Bonchev–Trinajstić information content (AvgIpc) is 3.00. The molecule has 1 amide bonds. The first-order chi connectivity index (χ1) is 11.2. The third kappa shape index (κ3) is 2.78. The van der Waals surface area contributed by atoms with Crippen LogP contribution in [0.1, 0.15) is 10.4 Å². The van der Waals surface area contributed by atoms with Crippen LogP contribution in [0.3, 0.4) is 0 Å². The highest BCUT2D eigenvalue weighted by Crippen LogP contribution is 2.23. The summed E-state index contributed by atoms with van der Waals surface area (Å²) in [4.78, 5) is 32.3. The van der Waals surface area contributed by atoms with Gasteiger partial charge in [0.15, 0.2) is 11.7 Å². The summed E-state index contributed by atoms with van der Waals surface area (Å²) in [7, 11) is 0. The van der Waals surface area contributed by atoms with E-state index in [2.05, 4.69) is 15.3 Å². The highest BCUT2D eigenvalue weighted by atomic mass is 16.3. The fraction of sp³-hybridized carbons (Fsp3) is 0.0625. The van der Waals surface area contributed by atoms with Crippen molar-refractivity contribution in [1.82, 2.24) is 9.97 Å². The maximum Gasteiger partial charge on any atom is 0.252 e. The number of aromatic nitrogens is 2. The number of anilines is 1. The fourth-order valence-electron chi connectivity index (χ4n) is 2.11. The molecular weight excluding hydrogens is 296 g/mol. The minimum absolute atomic E-state index is 0.0302. The number of furan rings is 1. The molecule has 7 nitrogen and oxygen atoms in total. The van der Waals surface area contributed by atoms with Crippen LogP contribution in [0.15, 0.2) is 53.4 Å². The van der Waals surface area contributed by atoms with Gasteiger partial charge in [-0.2, -0.15) is 5.26 Å². The molecule has 7 heteroatoms. The van der Waals surface area contributed by atoms with Crippen molar-refractivity contribution in [3.63, 3.8) is 0 Å². The summed E-state index contributed by atoms with van der Waals surface area (Å²) in [6.45, 7) is 0. The number of ketones is 1. The number of hydrogen-bond donors (Lipinski definition) is 1. The second-order valence-electron chi connectivity index (χ2n) is 4.63. The Labute approximate surface area is 130 Å². The van der Waals surface area contributed by atoms with E-state index in [0.717, 1.165) is 0 Å². The van der Waals surface area contributed by atoms with Crippen molar-refractivity contribution in [3.8, 4) is 6.07 Å². The van der Waals surface area contributed by atoms with Gasteiger partial charge in [0.25, 0.3) is 5.91 Å². The molecule has 1 aromatic carbocycles. The summed E-state index contributed by atoms with van der Waals surface area (Å²) < 4.78 is 5.28. The maximum atomic E-state index is 12.5. The van der Waals surface area contributed by atoms with Gasteiger partial charge in [0.1, 0.15) is 11.8 Å². The minimum atomic E-state index is -1.51. The number of carbonyl (C=O) groups excluding carboxylic acids is 2. The summed E-state index contributed by atoms with van der Waals surface area (Å²) in [5.74, 6) is -2.90. The molecule has 0 aliphatic heterocycles. The van der Waals surface area contributed by atoms with E-state index in [1.807, 2.05) is 0 Å². The number of carbonyl (C=O) groups is 2. The van der Waals surface area contributed by atoms with E-state index < -0.39 is 17.6 Å². The number of fused-ring (bicyclic) bond motifs is 1. The van der Waals surface area contributed by atoms with E-state index in [0.29, 0.717) is 11.0 Å². The predicted molar refractivity (Wildman–Crippen MR) is 80.3 cm³/mol. The molecule has 23 heavy (non-hydrogen) atoms. The average molecular weight is 306 g/mol. The van der Waals surface area contributed by atoms with Crippen molar-refractivity contribution in [3.05, 3.63) is 54.6 Å². The van der Waals surface area contributed by atoms with Crippen molar-refractivity contribution in [2.45, 2.75) is 0 Å². The Bertz CT molecular complexity index is 912. The highest BCUT2D eigenvalue weighted by molar-refractivity contribution is 6.19. The van der Waals surface area contributed by atoms with E-state index >= 15 is 0 Å². The third-order valence-electron chi connectivity index (χ3n) is 3.20. The molecule has 1 atom stereocenters. The van der Waals surface area contributed by atoms with E-state index in [1.165, 1.54) is 18.7 Å². The number of rotatable bonds is 4. The first kappa shape index (κ1) is 14.4. The number of para-hydroxylation sites is 1. The molecule has 1 N–H and O–H groups in total. The van der Waals surface area contributed by atoms with Gasteiger partial charge in [-0.05, 0) is 12.1 Å². The summed E-state index contributed by atoms with van der Waals surface area (Å²) in [5.41, 5.74) is 0.704. The SMILES string of the molecule is N#CC(C(=O)Nc1ncccn1)C(=O)c1coc2ccccc12. The second-order valence-corrected chi connectivity index (χ2v) is 4.63. The third-order valence-corrected chi connectivity index (χ3v) is 3.20. The molecular formula is C16H10N4O3. The van der Waals surface area contributed by atoms with Crippen molar-refractivity contribution in [2.75, 3.05) is 5.32 Å². The van der Waals surface area contributed by atoms with Gasteiger partial charge in [0.2, 0.25) is 5.95 Å². The van der Waals surface area contributed by atoms with Crippen LogP contribution < -0.4 is 5.32 Å². The van der Waals surface area contributed by atoms with Gasteiger partial charge in [-0.1, -0.05) is 18.2 Å². The molecule has 2 aromatic heterocycles. The molecule has 0 saturated carbocycles. The van der Waals surface area contributed by atoms with Crippen LogP contribution in [0.5, 0.6) is 0 Å². The molecule has 0 fully saturated rings. The number of nitrogens with one attached hydrogen (secondary N) is 1. The Kier molecular flexibility index (Phi) is 3.80. The zero-order valence-electron chi connectivity index (χ0n) is 11.8. The van der Waals surface area contributed by atoms with Gasteiger partial charge in [0.05, 0.1) is 11.6 Å². The topological polar surface area (TPSA) is 109 Å². The van der Waals surface area contributed by atoms with Crippen molar-refractivity contribution in [1.29, 1.82) is 5.26 Å². The van der Waals surface area contributed by atoms with Crippen LogP contribution in [-0.2, 0) is 4.79 Å². The van der Waals surface area contributed by atoms with Crippen LogP contribution in [-0.4, -0.2) is 21.7 Å². The van der Waals surface area contributed by atoms with Crippen LogP contribution >= 0.6 is 0 Å². The number of benzene rings is 1. The first-order valence-electron chi connectivity index (χ1n) is 6.68. The molecule has 112 valence electrons. The smallest absolute Gasteiger partial charge is 0.252 e. The second kappa shape index (κ2) is 6.07. The molecule has 0 bridgehead atoms. The Morgan fingerprint density at radius 2 is 1.91 bits per heavy atom. The van der Waals surface area contributed by atoms with Crippen LogP contribution in [0.2, 0.25) is 0 Å². The molecule has 0 spiro atoms. The van der Waals surface area contributed by atoms with Gasteiger partial charge in [0, 0.05) is 17.8 Å².